The number of benzene rings is 2. The van der Waals surface area contributed by atoms with Crippen LogP contribution in [-0.2, 0) is 15.3 Å². The van der Waals surface area contributed by atoms with Crippen molar-refractivity contribution in [1.82, 2.24) is 9.97 Å². The Bertz CT molecular complexity index is 885. The molecule has 1 aliphatic heterocycles. The Labute approximate surface area is 137 Å². The maximum Gasteiger partial charge on any atom is 0.222 e. The normalized spacial score (nSPS) is 16.3. The molecule has 3 aromatic rings. The standard InChI is InChI=1S/C17H15N3O4/c21-16(22)20-15-18-13-7-6-12(10-14(13)19-15)17(23-8-9-24-17)11-4-2-1-3-5-11/h1-7,10H,8-9H2,(H,21,22)(H2,18,19,20)/p-1. The third kappa shape index (κ3) is 2.40. The van der Waals surface area contributed by atoms with Crippen LogP contribution in [0.5, 0.6) is 0 Å². The number of imidazole rings is 1. The van der Waals surface area contributed by atoms with Gasteiger partial charge in [0.25, 0.3) is 0 Å². The second-order valence-electron chi connectivity index (χ2n) is 5.41. The van der Waals surface area contributed by atoms with Crippen LogP contribution in [0, 0.1) is 0 Å². The van der Waals surface area contributed by atoms with Crippen molar-refractivity contribution in [2.45, 2.75) is 5.79 Å². The zero-order chi connectivity index (χ0) is 16.6. The average molecular weight is 324 g/mol. The maximum absolute atomic E-state index is 10.6. The molecule has 1 fully saturated rings. The van der Waals surface area contributed by atoms with Crippen molar-refractivity contribution < 1.29 is 19.4 Å². The number of aromatic amines is 1. The molecule has 7 nitrogen and oxygen atoms in total. The van der Waals surface area contributed by atoms with E-state index in [1.165, 1.54) is 0 Å². The van der Waals surface area contributed by atoms with E-state index in [1.807, 2.05) is 42.5 Å². The van der Waals surface area contributed by atoms with Gasteiger partial charge in [0.05, 0.1) is 24.2 Å². The predicted octanol–water partition coefficient (Wildman–Crippen LogP) is 1.57. The molecule has 0 bridgehead atoms. The van der Waals surface area contributed by atoms with E-state index in [2.05, 4.69) is 15.3 Å². The molecule has 0 aliphatic carbocycles. The molecule has 0 atom stereocenters. The summed E-state index contributed by atoms with van der Waals surface area (Å²) in [6.07, 6.45) is -1.42. The number of fused-ring (bicyclic) bond motifs is 1. The molecule has 2 aromatic carbocycles. The molecule has 4 rings (SSSR count). The molecule has 1 saturated heterocycles. The number of H-pyrrole nitrogens is 1. The van der Waals surface area contributed by atoms with Crippen LogP contribution >= 0.6 is 0 Å². The second kappa shape index (κ2) is 5.63. The Morgan fingerprint density at radius 2 is 1.88 bits per heavy atom. The molecular formula is C17H14N3O4-. The number of hydrogen-bond donors (Lipinski definition) is 2. The van der Waals surface area contributed by atoms with E-state index in [-0.39, 0.29) is 5.95 Å². The van der Waals surface area contributed by atoms with Gasteiger partial charge in [-0.3, -0.25) is 0 Å². The van der Waals surface area contributed by atoms with Crippen LogP contribution in [0.2, 0.25) is 0 Å². The van der Waals surface area contributed by atoms with Crippen LogP contribution in [0.15, 0.2) is 48.5 Å². The zero-order valence-electron chi connectivity index (χ0n) is 12.6. The maximum atomic E-state index is 10.6. The molecule has 2 heterocycles. The topological polar surface area (TPSA) is 99.3 Å². The molecule has 0 unspecified atom stereocenters. The summed E-state index contributed by atoms with van der Waals surface area (Å²) in [5.41, 5.74) is 3.01. The molecular weight excluding hydrogens is 310 g/mol. The first-order chi connectivity index (χ1) is 11.7. The number of hydrogen-bond acceptors (Lipinski definition) is 5. The van der Waals surface area contributed by atoms with Crippen LogP contribution in [0.25, 0.3) is 11.0 Å². The van der Waals surface area contributed by atoms with Gasteiger partial charge in [-0.15, -0.1) is 0 Å². The van der Waals surface area contributed by atoms with Gasteiger partial charge in [0.1, 0.15) is 6.09 Å². The molecule has 0 radical (unpaired) electrons. The van der Waals surface area contributed by atoms with Crippen LogP contribution in [0.3, 0.4) is 0 Å². The summed E-state index contributed by atoms with van der Waals surface area (Å²) in [4.78, 5) is 17.7. The van der Waals surface area contributed by atoms with E-state index in [0.29, 0.717) is 24.2 Å². The van der Waals surface area contributed by atoms with Gasteiger partial charge in [-0.2, -0.15) is 0 Å². The van der Waals surface area contributed by atoms with Gasteiger partial charge in [-0.1, -0.05) is 36.4 Å². The zero-order valence-corrected chi connectivity index (χ0v) is 12.6. The minimum Gasteiger partial charge on any atom is -0.530 e. The third-order valence-electron chi connectivity index (χ3n) is 3.93. The van der Waals surface area contributed by atoms with Crippen molar-refractivity contribution in [1.29, 1.82) is 0 Å². The lowest BCUT2D eigenvalue weighted by molar-refractivity contribution is -0.242. The van der Waals surface area contributed by atoms with Gasteiger partial charge in [0.2, 0.25) is 11.7 Å². The molecule has 1 aromatic heterocycles. The molecule has 1 aliphatic rings. The average Bonchev–Trinajstić information content (AvgIpc) is 3.21. The number of carboxylic acid groups (broad SMARTS) is 1. The number of rotatable bonds is 3. The van der Waals surface area contributed by atoms with Crippen molar-refractivity contribution >= 4 is 23.1 Å². The Hall–Kier alpha value is -2.90. The largest absolute Gasteiger partial charge is 0.530 e. The van der Waals surface area contributed by atoms with Crippen molar-refractivity contribution in [3.05, 3.63) is 59.7 Å². The molecule has 2 N–H and O–H groups in total. The summed E-state index contributed by atoms with van der Waals surface area (Å²) >= 11 is 0. The van der Waals surface area contributed by atoms with Crippen LogP contribution in [0.4, 0.5) is 10.7 Å². The minimum atomic E-state index is -1.42. The number of carbonyl (C=O) groups is 1. The van der Waals surface area contributed by atoms with Crippen molar-refractivity contribution in [2.75, 3.05) is 18.5 Å². The lowest BCUT2D eigenvalue weighted by Gasteiger charge is -2.28. The summed E-state index contributed by atoms with van der Waals surface area (Å²) in [7, 11) is 0. The highest BCUT2D eigenvalue weighted by Crippen LogP contribution is 2.39. The molecule has 24 heavy (non-hydrogen) atoms. The van der Waals surface area contributed by atoms with Crippen molar-refractivity contribution in [3.8, 4) is 0 Å². The Kier molecular flexibility index (Phi) is 3.44. The number of ether oxygens (including phenoxy) is 2. The fourth-order valence-corrected chi connectivity index (χ4v) is 2.94. The summed E-state index contributed by atoms with van der Waals surface area (Å²) < 4.78 is 11.9. The van der Waals surface area contributed by atoms with Crippen LogP contribution in [-0.4, -0.2) is 29.3 Å². The van der Waals surface area contributed by atoms with Gasteiger partial charge in [0, 0.05) is 11.1 Å². The highest BCUT2D eigenvalue weighted by Gasteiger charge is 2.40. The molecule has 7 heteroatoms. The smallest absolute Gasteiger partial charge is 0.222 e. The SMILES string of the molecule is O=C([O-])Nc1nc2ccc(C3(c4ccccc4)OCCO3)cc2[nH]1. The highest BCUT2D eigenvalue weighted by atomic mass is 16.7. The predicted molar refractivity (Wildman–Crippen MR) is 84.2 cm³/mol. The monoisotopic (exact) mass is 324 g/mol. The fraction of sp³-hybridized carbons (Fsp3) is 0.176. The van der Waals surface area contributed by atoms with Gasteiger partial charge in [0.15, 0.2) is 0 Å². The number of nitrogens with one attached hydrogen (secondary N) is 2. The number of aromatic nitrogens is 2. The number of carbonyl (C=O) groups excluding carboxylic acids is 1. The molecule has 122 valence electrons. The van der Waals surface area contributed by atoms with Crippen molar-refractivity contribution in [3.63, 3.8) is 0 Å². The first-order valence-electron chi connectivity index (χ1n) is 7.49. The van der Waals surface area contributed by atoms with Gasteiger partial charge >= 0.3 is 0 Å². The summed E-state index contributed by atoms with van der Waals surface area (Å²) in [6.45, 7) is 0.987. The first kappa shape index (κ1) is 14.7. The Morgan fingerprint density at radius 3 is 2.58 bits per heavy atom. The molecule has 0 saturated carbocycles. The number of amides is 1. The van der Waals surface area contributed by atoms with Gasteiger partial charge in [-0.05, 0) is 12.1 Å². The molecule has 0 spiro atoms. The Balaban J connectivity index is 1.80. The minimum absolute atomic E-state index is 0.115. The van der Waals surface area contributed by atoms with E-state index in [0.717, 1.165) is 11.1 Å². The summed E-state index contributed by atoms with van der Waals surface area (Å²) in [6, 6.07) is 15.2. The summed E-state index contributed by atoms with van der Waals surface area (Å²) in [5, 5.41) is 12.7. The van der Waals surface area contributed by atoms with E-state index >= 15 is 0 Å². The number of anilines is 1. The van der Waals surface area contributed by atoms with E-state index in [1.54, 1.807) is 6.07 Å². The van der Waals surface area contributed by atoms with Crippen LogP contribution in [0.1, 0.15) is 11.1 Å². The summed E-state index contributed by atoms with van der Waals surface area (Å²) in [5.74, 6) is -0.855. The molecule has 1 amide bonds. The first-order valence-corrected chi connectivity index (χ1v) is 7.49. The van der Waals surface area contributed by atoms with E-state index in [4.69, 9.17) is 9.47 Å². The highest BCUT2D eigenvalue weighted by molar-refractivity contribution is 5.84. The quantitative estimate of drug-likeness (QED) is 0.762. The lowest BCUT2D eigenvalue weighted by atomic mass is 9.97. The van der Waals surface area contributed by atoms with Crippen molar-refractivity contribution in [2.24, 2.45) is 0 Å². The third-order valence-corrected chi connectivity index (χ3v) is 3.93. The number of nitrogens with zero attached hydrogens (tertiary/aromatic N) is 1. The van der Waals surface area contributed by atoms with Crippen LogP contribution < -0.4 is 10.4 Å². The van der Waals surface area contributed by atoms with Gasteiger partial charge in [-0.25, -0.2) is 4.98 Å². The van der Waals surface area contributed by atoms with Gasteiger partial charge < -0.3 is 29.7 Å². The van der Waals surface area contributed by atoms with E-state index in [9.17, 15) is 9.90 Å². The fourth-order valence-electron chi connectivity index (χ4n) is 2.94. The lowest BCUT2D eigenvalue weighted by Crippen LogP contribution is -2.29. The Morgan fingerprint density at radius 1 is 1.12 bits per heavy atom. The van der Waals surface area contributed by atoms with E-state index < -0.39 is 11.9 Å². The second-order valence-corrected chi connectivity index (χ2v) is 5.41.